The Morgan fingerprint density at radius 1 is 0.964 bits per heavy atom. The number of benzene rings is 3. The van der Waals surface area contributed by atoms with Crippen molar-refractivity contribution in [1.82, 2.24) is 9.91 Å². The van der Waals surface area contributed by atoms with Gasteiger partial charge < -0.3 is 5.11 Å². The van der Waals surface area contributed by atoms with E-state index in [9.17, 15) is 5.11 Å². The highest BCUT2D eigenvalue weighted by molar-refractivity contribution is 6.02. The minimum Gasteiger partial charge on any atom is -0.507 e. The number of rotatable bonds is 4. The van der Waals surface area contributed by atoms with Gasteiger partial charge in [0, 0.05) is 38.3 Å². The van der Waals surface area contributed by atoms with Crippen LogP contribution in [0.2, 0.25) is 0 Å². The summed E-state index contributed by atoms with van der Waals surface area (Å²) in [5, 5.41) is 19.2. The molecule has 0 aromatic heterocycles. The maximum Gasteiger partial charge on any atom is 0.125 e. The number of phenols is 1. The van der Waals surface area contributed by atoms with Crippen molar-refractivity contribution in [3.8, 4) is 5.75 Å². The summed E-state index contributed by atoms with van der Waals surface area (Å²) in [4.78, 5) is 2.49. The second-order valence-corrected chi connectivity index (χ2v) is 7.62. The van der Waals surface area contributed by atoms with Gasteiger partial charge in [0.2, 0.25) is 0 Å². The summed E-state index contributed by atoms with van der Waals surface area (Å²) in [5.41, 5.74) is 4.88. The number of aromatic hydroxyl groups is 1. The van der Waals surface area contributed by atoms with Crippen LogP contribution in [0.15, 0.2) is 59.7 Å². The van der Waals surface area contributed by atoms with Gasteiger partial charge in [-0.1, -0.05) is 54.1 Å². The van der Waals surface area contributed by atoms with Crippen LogP contribution in [-0.2, 0) is 6.54 Å². The highest BCUT2D eigenvalue weighted by Crippen LogP contribution is 2.25. The summed E-state index contributed by atoms with van der Waals surface area (Å²) in [7, 11) is 0. The van der Waals surface area contributed by atoms with Crippen LogP contribution in [-0.4, -0.2) is 47.4 Å². The van der Waals surface area contributed by atoms with Crippen molar-refractivity contribution in [2.45, 2.75) is 20.4 Å². The Hall–Kier alpha value is -2.85. The summed E-state index contributed by atoms with van der Waals surface area (Å²) in [5.74, 6) is 0.274. The molecule has 1 saturated heterocycles. The van der Waals surface area contributed by atoms with Crippen molar-refractivity contribution in [3.63, 3.8) is 0 Å². The van der Waals surface area contributed by atoms with Gasteiger partial charge in [-0.15, -0.1) is 0 Å². The fourth-order valence-corrected chi connectivity index (χ4v) is 3.83. The Morgan fingerprint density at radius 2 is 1.75 bits per heavy atom. The average molecular weight is 374 g/mol. The number of phenolic OH excluding ortho intramolecular Hbond substituents is 1. The van der Waals surface area contributed by atoms with E-state index in [-0.39, 0.29) is 5.75 Å². The smallest absolute Gasteiger partial charge is 0.125 e. The highest BCUT2D eigenvalue weighted by Gasteiger charge is 2.16. The van der Waals surface area contributed by atoms with Crippen molar-refractivity contribution in [2.75, 3.05) is 26.2 Å². The van der Waals surface area contributed by atoms with E-state index >= 15 is 0 Å². The summed E-state index contributed by atoms with van der Waals surface area (Å²) in [6, 6.07) is 18.5. The molecule has 4 rings (SSSR count). The van der Waals surface area contributed by atoms with Gasteiger partial charge in [0.1, 0.15) is 5.75 Å². The Kier molecular flexibility index (Phi) is 5.31. The Balaban J connectivity index is 1.40. The second kappa shape index (κ2) is 8.03. The number of nitrogens with zero attached hydrogens (tertiary/aromatic N) is 3. The van der Waals surface area contributed by atoms with E-state index < -0.39 is 0 Å². The minimum atomic E-state index is 0.274. The summed E-state index contributed by atoms with van der Waals surface area (Å²) < 4.78 is 0. The molecule has 144 valence electrons. The lowest BCUT2D eigenvalue weighted by Gasteiger charge is -2.33. The number of hydrogen-bond acceptors (Lipinski definition) is 4. The first-order valence-corrected chi connectivity index (χ1v) is 9.88. The molecule has 0 aliphatic carbocycles. The molecule has 4 heteroatoms. The maximum atomic E-state index is 10.3. The van der Waals surface area contributed by atoms with Gasteiger partial charge in [0.05, 0.1) is 6.21 Å². The molecule has 1 fully saturated rings. The molecular formula is C24H27N3O. The lowest BCUT2D eigenvalue weighted by Crippen LogP contribution is -2.43. The molecule has 0 amide bonds. The zero-order valence-electron chi connectivity index (χ0n) is 16.6. The van der Waals surface area contributed by atoms with E-state index in [1.165, 1.54) is 16.7 Å². The van der Waals surface area contributed by atoms with Crippen molar-refractivity contribution in [3.05, 3.63) is 76.9 Å². The van der Waals surface area contributed by atoms with E-state index in [2.05, 4.69) is 53.1 Å². The summed E-state index contributed by atoms with van der Waals surface area (Å²) in [6.07, 6.45) is 1.80. The number of aryl methyl sites for hydroxylation is 2. The van der Waals surface area contributed by atoms with Crippen LogP contribution in [0.4, 0.5) is 0 Å². The molecule has 0 unspecified atom stereocenters. The van der Waals surface area contributed by atoms with Crippen LogP contribution in [0.5, 0.6) is 5.75 Å². The fourth-order valence-electron chi connectivity index (χ4n) is 3.83. The molecule has 4 nitrogen and oxygen atoms in total. The van der Waals surface area contributed by atoms with Crippen LogP contribution in [0.3, 0.4) is 0 Å². The lowest BCUT2D eigenvalue weighted by atomic mass is 10.0. The predicted molar refractivity (Wildman–Crippen MR) is 116 cm³/mol. The fraction of sp³-hybridized carbons (Fsp3) is 0.292. The van der Waals surface area contributed by atoms with E-state index in [4.69, 9.17) is 0 Å². The Bertz CT molecular complexity index is 1000. The summed E-state index contributed by atoms with van der Waals surface area (Å²) in [6.45, 7) is 9.10. The quantitative estimate of drug-likeness (QED) is 0.693. The van der Waals surface area contributed by atoms with Gasteiger partial charge in [-0.2, -0.15) is 5.10 Å². The second-order valence-electron chi connectivity index (χ2n) is 7.62. The largest absolute Gasteiger partial charge is 0.507 e. The molecule has 0 saturated carbocycles. The van der Waals surface area contributed by atoms with Crippen molar-refractivity contribution >= 4 is 17.0 Å². The van der Waals surface area contributed by atoms with Crippen molar-refractivity contribution < 1.29 is 5.11 Å². The molecule has 1 heterocycles. The van der Waals surface area contributed by atoms with Gasteiger partial charge >= 0.3 is 0 Å². The number of hydrogen-bond donors (Lipinski definition) is 1. The van der Waals surface area contributed by atoms with E-state index in [1.54, 1.807) is 12.3 Å². The third-order valence-corrected chi connectivity index (χ3v) is 5.54. The van der Waals surface area contributed by atoms with Crippen LogP contribution in [0, 0.1) is 13.8 Å². The van der Waals surface area contributed by atoms with Gasteiger partial charge in [0.25, 0.3) is 0 Å². The summed E-state index contributed by atoms with van der Waals surface area (Å²) >= 11 is 0. The molecule has 1 aliphatic heterocycles. The normalized spacial score (nSPS) is 15.6. The lowest BCUT2D eigenvalue weighted by molar-refractivity contribution is 0.131. The number of piperazine rings is 1. The van der Waals surface area contributed by atoms with Gasteiger partial charge in [-0.05, 0) is 41.8 Å². The van der Waals surface area contributed by atoms with Crippen molar-refractivity contribution in [2.24, 2.45) is 5.10 Å². The first-order chi connectivity index (χ1) is 13.6. The van der Waals surface area contributed by atoms with E-state index in [0.29, 0.717) is 0 Å². The minimum absolute atomic E-state index is 0.274. The molecule has 3 aromatic carbocycles. The Morgan fingerprint density at radius 3 is 2.54 bits per heavy atom. The molecule has 0 radical (unpaired) electrons. The number of fused-ring (bicyclic) bond motifs is 1. The predicted octanol–water partition coefficient (Wildman–Crippen LogP) is 4.31. The zero-order chi connectivity index (χ0) is 19.5. The third kappa shape index (κ3) is 4.02. The topological polar surface area (TPSA) is 39.1 Å². The van der Waals surface area contributed by atoms with Gasteiger partial charge in [-0.25, -0.2) is 0 Å². The van der Waals surface area contributed by atoms with Gasteiger partial charge in [-0.3, -0.25) is 9.91 Å². The molecule has 28 heavy (non-hydrogen) atoms. The van der Waals surface area contributed by atoms with Crippen molar-refractivity contribution in [1.29, 1.82) is 0 Å². The zero-order valence-corrected chi connectivity index (χ0v) is 16.6. The first kappa shape index (κ1) is 18.5. The maximum absolute atomic E-state index is 10.3. The number of hydrazone groups is 1. The molecule has 1 N–H and O–H groups in total. The molecule has 0 bridgehead atoms. The van der Waals surface area contributed by atoms with E-state index in [0.717, 1.165) is 49.1 Å². The van der Waals surface area contributed by atoms with Crippen LogP contribution >= 0.6 is 0 Å². The molecular weight excluding hydrogens is 346 g/mol. The van der Waals surface area contributed by atoms with E-state index in [1.807, 2.05) is 24.3 Å². The molecule has 0 spiro atoms. The first-order valence-electron chi connectivity index (χ1n) is 9.88. The highest BCUT2D eigenvalue weighted by atomic mass is 16.3. The van der Waals surface area contributed by atoms with Gasteiger partial charge in [0.15, 0.2) is 0 Å². The van der Waals surface area contributed by atoms with Crippen LogP contribution in [0.1, 0.15) is 22.3 Å². The monoisotopic (exact) mass is 373 g/mol. The molecule has 0 atom stereocenters. The SMILES string of the molecule is Cc1ccc(CN2CCN(/N=C/c3c(O)ccc4ccccc34)CC2)c(C)c1. The van der Waals surface area contributed by atoms with Crippen LogP contribution < -0.4 is 0 Å². The standard InChI is InChI=1S/C24H27N3O/c1-18-7-8-21(19(2)15-18)17-26-11-13-27(14-12-26)25-16-23-22-6-4-3-5-20(22)9-10-24(23)28/h3-10,15-16,28H,11-14,17H2,1-2H3/b25-16+. The van der Waals surface area contributed by atoms with Crippen LogP contribution in [0.25, 0.3) is 10.8 Å². The average Bonchev–Trinajstić information content (AvgIpc) is 2.70. The Labute approximate surface area is 166 Å². The third-order valence-electron chi connectivity index (χ3n) is 5.54. The molecule has 1 aliphatic rings. The molecule has 3 aromatic rings.